The Morgan fingerprint density at radius 1 is 1.33 bits per heavy atom. The van der Waals surface area contributed by atoms with Gasteiger partial charge in [-0.2, -0.15) is 13.2 Å². The molecule has 0 bridgehead atoms. The summed E-state index contributed by atoms with van der Waals surface area (Å²) >= 11 is 0. The van der Waals surface area contributed by atoms with Gasteiger partial charge >= 0.3 is 6.18 Å². The van der Waals surface area contributed by atoms with E-state index in [2.05, 4.69) is 0 Å². The molecule has 0 saturated carbocycles. The quantitative estimate of drug-likeness (QED) is 0.666. The van der Waals surface area contributed by atoms with Gasteiger partial charge in [-0.05, 0) is 31.0 Å². The maximum atomic E-state index is 12.9. The van der Waals surface area contributed by atoms with Crippen LogP contribution in [0.5, 0.6) is 0 Å². The Kier molecular flexibility index (Phi) is 4.41. The Morgan fingerprint density at radius 3 is 2.43 bits per heavy atom. The normalized spacial score (nSPS) is 17.0. The number of nitrogen functional groups attached to an aromatic ring is 1. The molecule has 3 N–H and O–H groups in total. The summed E-state index contributed by atoms with van der Waals surface area (Å²) in [4.78, 5) is 1.99. The number of hydrogen-bond acceptors (Lipinski definition) is 3. The first-order valence-corrected chi connectivity index (χ1v) is 6.66. The third-order valence-corrected chi connectivity index (χ3v) is 3.74. The Balaban J connectivity index is 2.27. The standard InChI is InChI=1S/C14H18F3N3O/c1-21-10-4-6-20(7-5-10)9-2-3-12(14(15,16)17)11(8-9)13(18)19/h2-3,8,10H,4-7H2,1H3,(H3,18,19). The lowest BCUT2D eigenvalue weighted by Gasteiger charge is -2.33. The van der Waals surface area contributed by atoms with E-state index in [-0.39, 0.29) is 11.7 Å². The van der Waals surface area contributed by atoms with Crippen LogP contribution < -0.4 is 10.6 Å². The third kappa shape index (κ3) is 3.47. The molecule has 7 heteroatoms. The molecule has 2 rings (SSSR count). The molecular formula is C14H18F3N3O. The number of ether oxygens (including phenoxy) is 1. The molecule has 116 valence electrons. The number of nitrogens with one attached hydrogen (secondary N) is 1. The first-order chi connectivity index (χ1) is 9.82. The summed E-state index contributed by atoms with van der Waals surface area (Å²) < 4.78 is 44.0. The average molecular weight is 301 g/mol. The molecule has 0 radical (unpaired) electrons. The molecule has 0 unspecified atom stereocenters. The molecule has 0 aliphatic carbocycles. The highest BCUT2D eigenvalue weighted by Crippen LogP contribution is 2.34. The van der Waals surface area contributed by atoms with Crippen LogP contribution >= 0.6 is 0 Å². The van der Waals surface area contributed by atoms with Crippen molar-refractivity contribution in [1.82, 2.24) is 0 Å². The van der Waals surface area contributed by atoms with Crippen LogP contribution in [0.2, 0.25) is 0 Å². The van der Waals surface area contributed by atoms with E-state index in [1.807, 2.05) is 4.90 Å². The van der Waals surface area contributed by atoms with Gasteiger partial charge in [0, 0.05) is 31.5 Å². The van der Waals surface area contributed by atoms with Crippen LogP contribution in [0, 0.1) is 5.41 Å². The van der Waals surface area contributed by atoms with Gasteiger partial charge in [0.2, 0.25) is 0 Å². The number of rotatable bonds is 3. The molecule has 1 aromatic carbocycles. The van der Waals surface area contributed by atoms with Gasteiger partial charge in [0.25, 0.3) is 0 Å². The Morgan fingerprint density at radius 2 is 1.95 bits per heavy atom. The summed E-state index contributed by atoms with van der Waals surface area (Å²) in [5.74, 6) is -0.573. The smallest absolute Gasteiger partial charge is 0.384 e. The topological polar surface area (TPSA) is 62.3 Å². The van der Waals surface area contributed by atoms with E-state index in [0.29, 0.717) is 18.8 Å². The monoisotopic (exact) mass is 301 g/mol. The first-order valence-electron chi connectivity index (χ1n) is 6.66. The SMILES string of the molecule is COC1CCN(c2ccc(C(F)(F)F)c(C(=N)N)c2)CC1. The lowest BCUT2D eigenvalue weighted by atomic mass is 10.0. The second-order valence-electron chi connectivity index (χ2n) is 5.06. The zero-order valence-corrected chi connectivity index (χ0v) is 11.7. The van der Waals surface area contributed by atoms with Crippen molar-refractivity contribution < 1.29 is 17.9 Å². The maximum absolute atomic E-state index is 12.9. The van der Waals surface area contributed by atoms with Crippen molar-refractivity contribution in [3.05, 3.63) is 29.3 Å². The highest BCUT2D eigenvalue weighted by atomic mass is 19.4. The van der Waals surface area contributed by atoms with Gasteiger partial charge in [-0.1, -0.05) is 0 Å². The van der Waals surface area contributed by atoms with E-state index < -0.39 is 17.6 Å². The van der Waals surface area contributed by atoms with Crippen LogP contribution in [0.4, 0.5) is 18.9 Å². The Hall–Kier alpha value is -1.76. The molecule has 1 saturated heterocycles. The van der Waals surface area contributed by atoms with Crippen molar-refractivity contribution in [2.45, 2.75) is 25.1 Å². The van der Waals surface area contributed by atoms with E-state index in [1.54, 1.807) is 7.11 Å². The number of hydrogen-bond donors (Lipinski definition) is 2. The van der Waals surface area contributed by atoms with Crippen LogP contribution in [-0.2, 0) is 10.9 Å². The van der Waals surface area contributed by atoms with Crippen LogP contribution in [0.3, 0.4) is 0 Å². The van der Waals surface area contributed by atoms with Crippen molar-refractivity contribution in [2.75, 3.05) is 25.1 Å². The summed E-state index contributed by atoms with van der Waals surface area (Å²) in [7, 11) is 1.66. The molecule has 1 fully saturated rings. The summed E-state index contributed by atoms with van der Waals surface area (Å²) in [6, 6.07) is 3.77. The molecule has 1 heterocycles. The van der Waals surface area contributed by atoms with E-state index in [4.69, 9.17) is 15.9 Å². The molecule has 1 aliphatic heterocycles. The molecule has 1 aromatic rings. The summed E-state index contributed by atoms with van der Waals surface area (Å²) in [6.45, 7) is 1.42. The first kappa shape index (κ1) is 15.6. The van der Waals surface area contributed by atoms with Crippen molar-refractivity contribution >= 4 is 11.5 Å². The van der Waals surface area contributed by atoms with Crippen molar-refractivity contribution in [3.8, 4) is 0 Å². The largest absolute Gasteiger partial charge is 0.417 e. The lowest BCUT2D eigenvalue weighted by molar-refractivity contribution is -0.137. The fourth-order valence-electron chi connectivity index (χ4n) is 2.55. The van der Waals surface area contributed by atoms with E-state index in [1.165, 1.54) is 12.1 Å². The summed E-state index contributed by atoms with van der Waals surface area (Å²) in [5.41, 5.74) is 4.81. The number of piperidine rings is 1. The van der Waals surface area contributed by atoms with Gasteiger partial charge in [0.15, 0.2) is 0 Å². The minimum absolute atomic E-state index is 0.197. The second-order valence-corrected chi connectivity index (χ2v) is 5.06. The van der Waals surface area contributed by atoms with Crippen LogP contribution in [-0.4, -0.2) is 32.1 Å². The van der Waals surface area contributed by atoms with Crippen LogP contribution in [0.15, 0.2) is 18.2 Å². The number of amidine groups is 1. The minimum Gasteiger partial charge on any atom is -0.384 e. The van der Waals surface area contributed by atoms with Crippen LogP contribution in [0.25, 0.3) is 0 Å². The van der Waals surface area contributed by atoms with Gasteiger partial charge in [-0.3, -0.25) is 5.41 Å². The van der Waals surface area contributed by atoms with Crippen molar-refractivity contribution in [1.29, 1.82) is 5.41 Å². The summed E-state index contributed by atoms with van der Waals surface area (Å²) in [5, 5.41) is 7.37. The second kappa shape index (κ2) is 5.93. The molecule has 0 aromatic heterocycles. The maximum Gasteiger partial charge on any atom is 0.417 e. The highest BCUT2D eigenvalue weighted by Gasteiger charge is 2.34. The van der Waals surface area contributed by atoms with Gasteiger partial charge in [0.1, 0.15) is 5.84 Å². The van der Waals surface area contributed by atoms with Gasteiger partial charge in [-0.25, -0.2) is 0 Å². The number of methoxy groups -OCH3 is 1. The van der Waals surface area contributed by atoms with Crippen molar-refractivity contribution in [2.24, 2.45) is 5.73 Å². The summed E-state index contributed by atoms with van der Waals surface area (Å²) in [6.07, 6.45) is -2.66. The molecular weight excluding hydrogens is 283 g/mol. The zero-order chi connectivity index (χ0) is 15.6. The Labute approximate surface area is 121 Å². The fourth-order valence-corrected chi connectivity index (χ4v) is 2.55. The van der Waals surface area contributed by atoms with Crippen molar-refractivity contribution in [3.63, 3.8) is 0 Å². The molecule has 21 heavy (non-hydrogen) atoms. The molecule has 0 spiro atoms. The predicted octanol–water partition coefficient (Wildman–Crippen LogP) is 2.60. The molecule has 4 nitrogen and oxygen atoms in total. The number of anilines is 1. The van der Waals surface area contributed by atoms with Gasteiger partial charge in [-0.15, -0.1) is 0 Å². The number of nitrogens with zero attached hydrogens (tertiary/aromatic N) is 1. The molecule has 0 amide bonds. The van der Waals surface area contributed by atoms with Crippen LogP contribution in [0.1, 0.15) is 24.0 Å². The Bertz CT molecular complexity index is 523. The zero-order valence-electron chi connectivity index (χ0n) is 11.7. The third-order valence-electron chi connectivity index (χ3n) is 3.74. The fraction of sp³-hybridized carbons (Fsp3) is 0.500. The lowest BCUT2D eigenvalue weighted by Crippen LogP contribution is -2.36. The minimum atomic E-state index is -4.51. The van der Waals surface area contributed by atoms with Gasteiger partial charge < -0.3 is 15.4 Å². The molecule has 1 aliphatic rings. The average Bonchev–Trinajstić information content (AvgIpc) is 2.45. The van der Waals surface area contributed by atoms with Gasteiger partial charge in [0.05, 0.1) is 11.7 Å². The number of halogens is 3. The van der Waals surface area contributed by atoms with E-state index in [0.717, 1.165) is 18.9 Å². The van der Waals surface area contributed by atoms with E-state index in [9.17, 15) is 13.2 Å². The number of nitrogens with two attached hydrogens (primary N) is 1. The predicted molar refractivity (Wildman–Crippen MR) is 74.7 cm³/mol. The number of alkyl halides is 3. The molecule has 0 atom stereocenters. The number of benzene rings is 1. The van der Waals surface area contributed by atoms with E-state index >= 15 is 0 Å². The highest BCUT2D eigenvalue weighted by molar-refractivity contribution is 5.97.